The van der Waals surface area contributed by atoms with E-state index in [1.807, 2.05) is 45.0 Å². The first kappa shape index (κ1) is 13.2. The second kappa shape index (κ2) is 4.82. The van der Waals surface area contributed by atoms with Crippen LogP contribution in [0, 0.1) is 5.41 Å². The molecule has 0 bridgehead atoms. The maximum absolute atomic E-state index is 6.08. The molecule has 1 aromatic carbocycles. The van der Waals surface area contributed by atoms with Crippen molar-refractivity contribution in [1.82, 2.24) is 10.1 Å². The molecule has 0 spiro atoms. The quantitative estimate of drug-likeness (QED) is 0.921. The molecular formula is C13H16BrN3O. The van der Waals surface area contributed by atoms with Gasteiger partial charge in [0, 0.05) is 10.0 Å². The number of hydrogen-bond acceptors (Lipinski definition) is 4. The van der Waals surface area contributed by atoms with Crippen molar-refractivity contribution in [1.29, 1.82) is 0 Å². The molecule has 0 aliphatic heterocycles. The van der Waals surface area contributed by atoms with Crippen molar-refractivity contribution < 1.29 is 4.52 Å². The van der Waals surface area contributed by atoms with Crippen molar-refractivity contribution in [3.05, 3.63) is 34.6 Å². The van der Waals surface area contributed by atoms with Gasteiger partial charge in [-0.05, 0) is 29.7 Å². The molecule has 18 heavy (non-hydrogen) atoms. The maximum Gasteiger partial charge on any atom is 0.244 e. The lowest BCUT2D eigenvalue weighted by atomic mass is 9.87. The minimum atomic E-state index is -0.269. The number of halogens is 1. The van der Waals surface area contributed by atoms with Gasteiger partial charge in [-0.2, -0.15) is 4.98 Å². The number of nitrogens with two attached hydrogens (primary N) is 1. The highest BCUT2D eigenvalue weighted by molar-refractivity contribution is 9.10. The van der Waals surface area contributed by atoms with E-state index in [2.05, 4.69) is 26.1 Å². The smallest absolute Gasteiger partial charge is 0.244 e. The summed E-state index contributed by atoms with van der Waals surface area (Å²) in [5, 5.41) is 3.97. The van der Waals surface area contributed by atoms with Crippen LogP contribution in [-0.2, 0) is 0 Å². The molecule has 1 unspecified atom stereocenters. The van der Waals surface area contributed by atoms with E-state index < -0.39 is 0 Å². The third kappa shape index (κ3) is 2.79. The largest absolute Gasteiger partial charge is 0.337 e. The molecule has 1 heterocycles. The Kier molecular flexibility index (Phi) is 3.54. The van der Waals surface area contributed by atoms with Crippen molar-refractivity contribution in [2.75, 3.05) is 0 Å². The molecule has 0 saturated carbocycles. The number of aromatic nitrogens is 2. The van der Waals surface area contributed by atoms with Gasteiger partial charge in [0.1, 0.15) is 0 Å². The SMILES string of the molecule is CC(C)(C)C(N)c1nc(-c2ccc(Br)cc2)no1. The lowest BCUT2D eigenvalue weighted by Crippen LogP contribution is -2.26. The molecule has 2 aromatic rings. The molecular weight excluding hydrogens is 294 g/mol. The fourth-order valence-electron chi connectivity index (χ4n) is 1.45. The summed E-state index contributed by atoms with van der Waals surface area (Å²) in [6.45, 7) is 6.13. The van der Waals surface area contributed by atoms with Crippen LogP contribution in [0.2, 0.25) is 0 Å². The third-order valence-corrected chi connectivity index (χ3v) is 3.27. The van der Waals surface area contributed by atoms with Gasteiger partial charge in [0.05, 0.1) is 6.04 Å². The van der Waals surface area contributed by atoms with Gasteiger partial charge in [-0.15, -0.1) is 0 Å². The molecule has 0 radical (unpaired) electrons. The Morgan fingerprint density at radius 3 is 2.39 bits per heavy atom. The van der Waals surface area contributed by atoms with Crippen molar-refractivity contribution in [2.45, 2.75) is 26.8 Å². The molecule has 96 valence electrons. The molecule has 2 rings (SSSR count). The average molecular weight is 310 g/mol. The molecule has 0 aliphatic carbocycles. The molecule has 2 N–H and O–H groups in total. The van der Waals surface area contributed by atoms with Crippen LogP contribution in [0.25, 0.3) is 11.4 Å². The molecule has 1 atom stereocenters. The summed E-state index contributed by atoms with van der Waals surface area (Å²) in [5.41, 5.74) is 6.89. The predicted octanol–water partition coefficient (Wildman–Crippen LogP) is 3.55. The van der Waals surface area contributed by atoms with Gasteiger partial charge in [-0.1, -0.05) is 41.9 Å². The van der Waals surface area contributed by atoms with Crippen LogP contribution in [-0.4, -0.2) is 10.1 Å². The molecule has 4 nitrogen and oxygen atoms in total. The van der Waals surface area contributed by atoms with Crippen LogP contribution < -0.4 is 5.73 Å². The molecule has 0 fully saturated rings. The number of hydrogen-bond donors (Lipinski definition) is 1. The highest BCUT2D eigenvalue weighted by atomic mass is 79.9. The molecule has 5 heteroatoms. The van der Waals surface area contributed by atoms with Crippen LogP contribution in [0.3, 0.4) is 0 Å². The van der Waals surface area contributed by atoms with E-state index in [9.17, 15) is 0 Å². The zero-order valence-corrected chi connectivity index (χ0v) is 12.2. The number of nitrogens with zero attached hydrogens (tertiary/aromatic N) is 2. The molecule has 0 saturated heterocycles. The van der Waals surface area contributed by atoms with E-state index in [0.29, 0.717) is 11.7 Å². The fraction of sp³-hybridized carbons (Fsp3) is 0.385. The Bertz CT molecular complexity index is 528. The summed E-state index contributed by atoms with van der Waals surface area (Å²) < 4.78 is 6.25. The van der Waals surface area contributed by atoms with Gasteiger partial charge < -0.3 is 10.3 Å². The van der Waals surface area contributed by atoms with Crippen molar-refractivity contribution >= 4 is 15.9 Å². The Balaban J connectivity index is 2.28. The summed E-state index contributed by atoms with van der Waals surface area (Å²) >= 11 is 3.39. The summed E-state index contributed by atoms with van der Waals surface area (Å²) in [4.78, 5) is 4.36. The van der Waals surface area contributed by atoms with Gasteiger partial charge in [-0.3, -0.25) is 0 Å². The van der Waals surface area contributed by atoms with Gasteiger partial charge in [0.25, 0.3) is 0 Å². The lowest BCUT2D eigenvalue weighted by Gasteiger charge is -2.23. The highest BCUT2D eigenvalue weighted by Crippen LogP contribution is 2.30. The Hall–Kier alpha value is -1.20. The van der Waals surface area contributed by atoms with Gasteiger partial charge in [0.2, 0.25) is 11.7 Å². The standard InChI is InChI=1S/C13H16BrN3O/c1-13(2,3)10(15)12-16-11(17-18-12)8-4-6-9(14)7-5-8/h4-7,10H,15H2,1-3H3. The predicted molar refractivity (Wildman–Crippen MR) is 73.8 cm³/mol. The first-order valence-corrected chi connectivity index (χ1v) is 6.52. The van der Waals surface area contributed by atoms with E-state index in [1.54, 1.807) is 0 Å². The summed E-state index contributed by atoms with van der Waals surface area (Å²) in [7, 11) is 0. The van der Waals surface area contributed by atoms with Crippen molar-refractivity contribution in [2.24, 2.45) is 11.1 Å². The zero-order chi connectivity index (χ0) is 13.3. The van der Waals surface area contributed by atoms with Crippen molar-refractivity contribution in [3.63, 3.8) is 0 Å². The second-order valence-electron chi connectivity index (χ2n) is 5.31. The number of rotatable bonds is 2. The average Bonchev–Trinajstić information content (AvgIpc) is 2.77. The van der Waals surface area contributed by atoms with Crippen LogP contribution >= 0.6 is 15.9 Å². The van der Waals surface area contributed by atoms with E-state index in [0.717, 1.165) is 10.0 Å². The van der Waals surface area contributed by atoms with Crippen molar-refractivity contribution in [3.8, 4) is 11.4 Å². The summed E-state index contributed by atoms with van der Waals surface area (Å²) in [5.74, 6) is 1.04. The molecule has 1 aromatic heterocycles. The maximum atomic E-state index is 6.08. The van der Waals surface area contributed by atoms with E-state index in [1.165, 1.54) is 0 Å². The molecule has 0 aliphatic rings. The highest BCUT2D eigenvalue weighted by Gasteiger charge is 2.27. The number of benzene rings is 1. The second-order valence-corrected chi connectivity index (χ2v) is 6.22. The Labute approximate surface area is 115 Å². The minimum absolute atomic E-state index is 0.108. The van der Waals surface area contributed by atoms with E-state index in [-0.39, 0.29) is 11.5 Å². The van der Waals surface area contributed by atoms with Crippen LogP contribution in [0.5, 0.6) is 0 Å². The van der Waals surface area contributed by atoms with Gasteiger partial charge in [0.15, 0.2) is 0 Å². The lowest BCUT2D eigenvalue weighted by molar-refractivity contribution is 0.253. The van der Waals surface area contributed by atoms with Gasteiger partial charge in [-0.25, -0.2) is 0 Å². The van der Waals surface area contributed by atoms with Gasteiger partial charge >= 0.3 is 0 Å². The van der Waals surface area contributed by atoms with Crippen LogP contribution in [0.15, 0.2) is 33.3 Å². The summed E-state index contributed by atoms with van der Waals surface area (Å²) in [6.07, 6.45) is 0. The van der Waals surface area contributed by atoms with Crippen LogP contribution in [0.4, 0.5) is 0 Å². The topological polar surface area (TPSA) is 64.9 Å². The van der Waals surface area contributed by atoms with Crippen LogP contribution in [0.1, 0.15) is 32.7 Å². The zero-order valence-electron chi connectivity index (χ0n) is 10.6. The Morgan fingerprint density at radius 1 is 1.22 bits per heavy atom. The third-order valence-electron chi connectivity index (χ3n) is 2.74. The Morgan fingerprint density at radius 2 is 1.83 bits per heavy atom. The first-order chi connectivity index (χ1) is 8.38. The molecule has 0 amide bonds. The van der Waals surface area contributed by atoms with E-state index in [4.69, 9.17) is 10.3 Å². The minimum Gasteiger partial charge on any atom is -0.337 e. The first-order valence-electron chi connectivity index (χ1n) is 5.73. The normalized spacial score (nSPS) is 13.6. The van der Waals surface area contributed by atoms with E-state index >= 15 is 0 Å². The summed E-state index contributed by atoms with van der Waals surface area (Å²) in [6, 6.07) is 7.47. The fourth-order valence-corrected chi connectivity index (χ4v) is 1.71. The monoisotopic (exact) mass is 309 g/mol.